The molecule has 1 aromatic heterocycles. The normalized spacial score (nSPS) is 13.5. The first-order chi connectivity index (χ1) is 13.0. The van der Waals surface area contributed by atoms with Crippen LogP contribution in [0.2, 0.25) is 5.02 Å². The maximum Gasteiger partial charge on any atom is 0.221 e. The number of carbonyl (C=O) groups excluding carboxylic acids is 1. The van der Waals surface area contributed by atoms with Gasteiger partial charge in [0.2, 0.25) is 5.91 Å². The van der Waals surface area contributed by atoms with Crippen molar-refractivity contribution in [2.24, 2.45) is 0 Å². The molecule has 3 aromatic rings. The van der Waals surface area contributed by atoms with Gasteiger partial charge in [-0.25, -0.2) is 0 Å². The number of rotatable bonds is 7. The summed E-state index contributed by atoms with van der Waals surface area (Å²) in [6, 6.07) is 16.4. The fourth-order valence-corrected chi connectivity index (χ4v) is 3.77. The summed E-state index contributed by atoms with van der Waals surface area (Å²) in [6.07, 6.45) is 3.51. The minimum absolute atomic E-state index is 0.0366. The van der Waals surface area contributed by atoms with Gasteiger partial charge >= 0.3 is 0 Å². The topological polar surface area (TPSA) is 34.0 Å². The van der Waals surface area contributed by atoms with Crippen molar-refractivity contribution >= 4 is 28.4 Å². The van der Waals surface area contributed by atoms with E-state index in [0.717, 1.165) is 18.5 Å². The number of carbonyl (C=O) groups is 1. The number of nitrogens with one attached hydrogen (secondary N) is 1. The molecule has 4 heteroatoms. The molecule has 2 aromatic carbocycles. The monoisotopic (exact) mass is 382 g/mol. The molecular weight excluding hydrogens is 356 g/mol. The average Bonchev–Trinajstić information content (AvgIpc) is 3.04. The minimum Gasteiger partial charge on any atom is -0.354 e. The van der Waals surface area contributed by atoms with E-state index in [4.69, 9.17) is 11.6 Å². The lowest BCUT2D eigenvalue weighted by Crippen LogP contribution is -2.33. The van der Waals surface area contributed by atoms with Gasteiger partial charge in [-0.2, -0.15) is 0 Å². The lowest BCUT2D eigenvalue weighted by Gasteiger charge is -2.19. The molecule has 142 valence electrons. The van der Waals surface area contributed by atoms with Crippen LogP contribution in [0.5, 0.6) is 0 Å². The van der Waals surface area contributed by atoms with Gasteiger partial charge in [-0.05, 0) is 49.6 Å². The molecule has 0 bridgehead atoms. The summed E-state index contributed by atoms with van der Waals surface area (Å²) in [6.45, 7) is 7.14. The first-order valence-electron chi connectivity index (χ1n) is 9.66. The predicted octanol–water partition coefficient (Wildman–Crippen LogP) is 5.75. The van der Waals surface area contributed by atoms with Crippen LogP contribution in [-0.4, -0.2) is 16.5 Å². The lowest BCUT2D eigenvalue weighted by atomic mass is 9.88. The molecule has 0 saturated carbocycles. The fourth-order valence-electron chi connectivity index (χ4n) is 3.57. The predicted molar refractivity (Wildman–Crippen MR) is 113 cm³/mol. The summed E-state index contributed by atoms with van der Waals surface area (Å²) in [4.78, 5) is 12.7. The summed E-state index contributed by atoms with van der Waals surface area (Å²) in [5, 5.41) is 4.99. The van der Waals surface area contributed by atoms with Gasteiger partial charge in [0.25, 0.3) is 0 Å². The van der Waals surface area contributed by atoms with E-state index < -0.39 is 0 Å². The number of halogens is 1. The zero-order chi connectivity index (χ0) is 19.4. The molecule has 3 rings (SSSR count). The smallest absolute Gasteiger partial charge is 0.221 e. The third-order valence-electron chi connectivity index (χ3n) is 5.20. The Morgan fingerprint density at radius 1 is 1.15 bits per heavy atom. The largest absolute Gasteiger partial charge is 0.354 e. The Morgan fingerprint density at radius 2 is 1.93 bits per heavy atom. The third-order valence-corrected chi connectivity index (χ3v) is 5.43. The molecule has 0 aliphatic rings. The molecule has 0 aliphatic heterocycles. The highest BCUT2D eigenvalue weighted by Crippen LogP contribution is 2.35. The molecule has 0 spiro atoms. The Balaban J connectivity index is 2.06. The van der Waals surface area contributed by atoms with E-state index in [2.05, 4.69) is 60.3 Å². The van der Waals surface area contributed by atoms with Crippen LogP contribution in [0.3, 0.4) is 0 Å². The summed E-state index contributed by atoms with van der Waals surface area (Å²) in [5.74, 6) is 0.0353. The number of para-hydroxylation sites is 1. The molecule has 2 atom stereocenters. The number of fused-ring (bicyclic) bond motifs is 1. The zero-order valence-electron chi connectivity index (χ0n) is 16.2. The fraction of sp³-hybridized carbons (Fsp3) is 0.348. The maximum absolute atomic E-state index is 12.7. The highest BCUT2D eigenvalue weighted by molar-refractivity contribution is 6.30. The zero-order valence-corrected chi connectivity index (χ0v) is 17.0. The van der Waals surface area contributed by atoms with E-state index in [1.807, 2.05) is 25.1 Å². The molecule has 0 saturated heterocycles. The van der Waals surface area contributed by atoms with Gasteiger partial charge in [0.15, 0.2) is 0 Å². The highest BCUT2D eigenvalue weighted by Gasteiger charge is 2.23. The number of benzene rings is 2. The standard InChI is InChI=1S/C23H27ClN2O/c1-4-16(3)25-23(27)14-20(17-9-8-10-18(24)13-17)21-15-26(5-2)22-12-7-6-11-19(21)22/h6-13,15-16,20H,4-5,14H2,1-3H3,(H,25,27)/t16-,20-/m0/s1. The van der Waals surface area contributed by atoms with E-state index in [0.29, 0.717) is 11.4 Å². The molecule has 0 unspecified atom stereocenters. The van der Waals surface area contributed by atoms with E-state index in [-0.39, 0.29) is 17.9 Å². The van der Waals surface area contributed by atoms with Gasteiger partial charge in [0.1, 0.15) is 0 Å². The summed E-state index contributed by atoms with van der Waals surface area (Å²) < 4.78 is 2.24. The van der Waals surface area contributed by atoms with Crippen molar-refractivity contribution in [2.75, 3.05) is 0 Å². The van der Waals surface area contributed by atoms with Crippen molar-refractivity contribution in [1.29, 1.82) is 0 Å². The van der Waals surface area contributed by atoms with Crippen LogP contribution in [0.4, 0.5) is 0 Å². The van der Waals surface area contributed by atoms with E-state index >= 15 is 0 Å². The molecule has 0 aliphatic carbocycles. The van der Waals surface area contributed by atoms with E-state index in [9.17, 15) is 4.79 Å². The van der Waals surface area contributed by atoms with Crippen molar-refractivity contribution in [2.45, 2.75) is 52.1 Å². The van der Waals surface area contributed by atoms with Crippen LogP contribution in [0.25, 0.3) is 10.9 Å². The molecule has 27 heavy (non-hydrogen) atoms. The van der Waals surface area contributed by atoms with Crippen LogP contribution >= 0.6 is 11.6 Å². The van der Waals surface area contributed by atoms with E-state index in [1.165, 1.54) is 16.5 Å². The summed E-state index contributed by atoms with van der Waals surface area (Å²) in [7, 11) is 0. The average molecular weight is 383 g/mol. The third kappa shape index (κ3) is 4.36. The van der Waals surface area contributed by atoms with Crippen LogP contribution < -0.4 is 5.32 Å². The second-order valence-corrected chi connectivity index (χ2v) is 7.51. The van der Waals surface area contributed by atoms with Crippen molar-refractivity contribution in [3.05, 3.63) is 70.9 Å². The minimum atomic E-state index is -0.0366. The number of hydrogen-bond donors (Lipinski definition) is 1. The second kappa shape index (κ2) is 8.62. The number of hydrogen-bond acceptors (Lipinski definition) is 1. The van der Waals surface area contributed by atoms with Gasteiger partial charge in [0.05, 0.1) is 0 Å². The van der Waals surface area contributed by atoms with Crippen molar-refractivity contribution in [3.8, 4) is 0 Å². The first kappa shape index (κ1) is 19.5. The van der Waals surface area contributed by atoms with Crippen LogP contribution in [0.1, 0.15) is 50.7 Å². The molecule has 0 fully saturated rings. The van der Waals surface area contributed by atoms with Crippen molar-refractivity contribution in [3.63, 3.8) is 0 Å². The van der Waals surface area contributed by atoms with Crippen LogP contribution in [0.15, 0.2) is 54.7 Å². The molecule has 1 amide bonds. The SMILES string of the molecule is CC[C@H](C)NC(=O)C[C@@H](c1cccc(Cl)c1)c1cn(CC)c2ccccc12. The first-order valence-corrected chi connectivity index (χ1v) is 10.0. The molecule has 1 heterocycles. The van der Waals surface area contributed by atoms with Gasteiger partial charge in [-0.15, -0.1) is 0 Å². The van der Waals surface area contributed by atoms with Crippen molar-refractivity contribution in [1.82, 2.24) is 9.88 Å². The number of nitrogens with zero attached hydrogens (tertiary/aromatic N) is 1. The number of amides is 1. The molecule has 0 radical (unpaired) electrons. The Morgan fingerprint density at radius 3 is 2.63 bits per heavy atom. The van der Waals surface area contributed by atoms with Crippen LogP contribution in [0, 0.1) is 0 Å². The molecule has 1 N–H and O–H groups in total. The van der Waals surface area contributed by atoms with E-state index in [1.54, 1.807) is 0 Å². The Kier molecular flexibility index (Phi) is 6.22. The number of aryl methyl sites for hydroxylation is 1. The molecular formula is C23H27ClN2O. The van der Waals surface area contributed by atoms with Crippen molar-refractivity contribution < 1.29 is 4.79 Å². The quantitative estimate of drug-likeness (QED) is 0.554. The maximum atomic E-state index is 12.7. The Bertz CT molecular complexity index is 931. The Hall–Kier alpha value is -2.26. The Labute approximate surface area is 166 Å². The summed E-state index contributed by atoms with van der Waals surface area (Å²) in [5.41, 5.74) is 3.44. The van der Waals surface area contributed by atoms with Gasteiger partial charge in [0, 0.05) is 47.0 Å². The van der Waals surface area contributed by atoms with Gasteiger partial charge in [-0.1, -0.05) is 48.9 Å². The number of aromatic nitrogens is 1. The van der Waals surface area contributed by atoms with Gasteiger partial charge < -0.3 is 9.88 Å². The van der Waals surface area contributed by atoms with Crippen LogP contribution in [-0.2, 0) is 11.3 Å². The second-order valence-electron chi connectivity index (χ2n) is 7.08. The van der Waals surface area contributed by atoms with Gasteiger partial charge in [-0.3, -0.25) is 4.79 Å². The lowest BCUT2D eigenvalue weighted by molar-refractivity contribution is -0.121. The highest BCUT2D eigenvalue weighted by atomic mass is 35.5. The summed E-state index contributed by atoms with van der Waals surface area (Å²) >= 11 is 6.26. The molecule has 3 nitrogen and oxygen atoms in total.